The molecule has 0 bridgehead atoms. The average molecular weight is 783 g/mol. The zero-order valence-electron chi connectivity index (χ0n) is 30.7. The molecule has 48 heavy (non-hydrogen) atoms. The fraction of sp³-hybridized carbons (Fsp3) is 0.450. The first kappa shape index (κ1) is 40.0. The molecule has 266 valence electrons. The zero-order valence-corrected chi connectivity index (χ0v) is 33.9. The van der Waals surface area contributed by atoms with Gasteiger partial charge in [-0.15, -0.1) is 0 Å². The van der Waals surface area contributed by atoms with Gasteiger partial charge < -0.3 is 9.80 Å². The third-order valence-corrected chi connectivity index (χ3v) is 10.3. The number of rotatable bonds is 10. The normalized spacial score (nSPS) is 13.4. The Hall–Kier alpha value is -2.40. The number of hydrogen-bond donors (Lipinski definition) is 1. The van der Waals surface area contributed by atoms with Crippen LogP contribution >= 0.6 is 19.4 Å². The van der Waals surface area contributed by atoms with Crippen LogP contribution in [0.2, 0.25) is 0 Å². The van der Waals surface area contributed by atoms with E-state index in [-0.39, 0.29) is 12.0 Å². The van der Waals surface area contributed by atoms with E-state index in [1.165, 1.54) is 40.6 Å². The Morgan fingerprint density at radius 2 is 1.21 bits per heavy atom. The van der Waals surface area contributed by atoms with Crippen LogP contribution < -0.4 is 15.1 Å². The van der Waals surface area contributed by atoms with Gasteiger partial charge >= 0.3 is 127 Å². The Bertz CT molecular complexity index is 1440. The molecule has 3 aromatic carbocycles. The van der Waals surface area contributed by atoms with Crippen molar-refractivity contribution >= 4 is 47.0 Å². The number of nitrogens with one attached hydrogen (secondary N) is 1. The molecule has 3 aromatic rings. The van der Waals surface area contributed by atoms with Gasteiger partial charge in [-0.2, -0.15) is 6.67 Å². The van der Waals surface area contributed by atoms with Crippen LogP contribution in [0.4, 0.5) is 17.1 Å². The van der Waals surface area contributed by atoms with Gasteiger partial charge in [0.25, 0.3) is 0 Å². The van der Waals surface area contributed by atoms with Crippen LogP contribution in [-0.4, -0.2) is 29.7 Å². The van der Waals surface area contributed by atoms with Crippen LogP contribution in [0, 0.1) is 13.8 Å². The second kappa shape index (κ2) is 18.0. The summed E-state index contributed by atoms with van der Waals surface area (Å²) in [7, 11) is 15.8. The van der Waals surface area contributed by atoms with Crippen molar-refractivity contribution in [3.63, 3.8) is 0 Å². The van der Waals surface area contributed by atoms with Gasteiger partial charge in [0.05, 0.1) is 0 Å². The van der Waals surface area contributed by atoms with Crippen molar-refractivity contribution in [2.75, 3.05) is 28.2 Å². The van der Waals surface area contributed by atoms with Crippen LogP contribution in [0.25, 0.3) is 0 Å². The summed E-state index contributed by atoms with van der Waals surface area (Å²) in [6.07, 6.45) is 0.171. The summed E-state index contributed by atoms with van der Waals surface area (Å²) in [4.78, 5) is 16.1. The van der Waals surface area contributed by atoms with Crippen molar-refractivity contribution in [1.29, 1.82) is 0 Å². The molecule has 0 spiro atoms. The van der Waals surface area contributed by atoms with Crippen molar-refractivity contribution in [2.45, 2.75) is 106 Å². The van der Waals surface area contributed by atoms with E-state index < -0.39 is 13.5 Å². The van der Waals surface area contributed by atoms with E-state index in [2.05, 4.69) is 125 Å². The van der Waals surface area contributed by atoms with E-state index >= 15 is 0 Å². The number of carbonyl (C=O) groups is 1. The molecule has 1 aliphatic heterocycles. The molecular formula is C40H56Cl2N3O2Ru-. The Kier molecular flexibility index (Phi) is 15.0. The summed E-state index contributed by atoms with van der Waals surface area (Å²) in [5, 5.41) is 2.74. The minimum absolute atomic E-state index is 0.118. The minimum atomic E-state index is -1.96. The van der Waals surface area contributed by atoms with Crippen molar-refractivity contribution in [3.8, 4) is 5.75 Å². The molecule has 0 unspecified atom stereocenters. The number of para-hydroxylation sites is 2. The number of nitrogens with zero attached hydrogens (tertiary/aromatic N) is 2. The predicted octanol–water partition coefficient (Wildman–Crippen LogP) is 11.8. The van der Waals surface area contributed by atoms with Crippen LogP contribution in [0.3, 0.4) is 0 Å². The van der Waals surface area contributed by atoms with Crippen LogP contribution in [0.1, 0.15) is 128 Å². The Labute approximate surface area is 304 Å². The van der Waals surface area contributed by atoms with Crippen molar-refractivity contribution < 1.29 is 22.7 Å². The van der Waals surface area contributed by atoms with Gasteiger partial charge in [0, 0.05) is 24.5 Å². The van der Waals surface area contributed by atoms with Gasteiger partial charge in [-0.1, -0.05) is 91.8 Å². The fourth-order valence-electron chi connectivity index (χ4n) is 6.01. The molecule has 1 saturated heterocycles. The first-order valence-electron chi connectivity index (χ1n) is 16.9. The predicted molar refractivity (Wildman–Crippen MR) is 207 cm³/mol. The Morgan fingerprint density at radius 1 is 0.792 bits per heavy atom. The Balaban J connectivity index is 0.000000286. The zero-order chi connectivity index (χ0) is 35.9. The van der Waals surface area contributed by atoms with Gasteiger partial charge in [-0.25, -0.2) is 0 Å². The number of amides is 1. The van der Waals surface area contributed by atoms with Crippen LogP contribution in [0.15, 0.2) is 54.6 Å². The standard InChI is InChI=1S/C27H39N2.C13H17NO2.2ClH.Ru/c1-18(2)22-11-9-12-23(19(3)4)26(22)28-15-16-29(17-28)27-24(20(5)6)13-10-14-25(27)21(7)8;1-9(2)16(5)13-7-6-12(8-10(13)3)14-11(4)15;;;/h9-14,17-21H,15-16H2,1-8H3;3,6-9H,5H2,1-2,4H3,(H,14,15);2*1H;/q-1;;;;+2/p-2. The number of anilines is 3. The average Bonchev–Trinajstić information content (AvgIpc) is 3.49. The molecule has 1 N–H and O–H groups in total. The van der Waals surface area contributed by atoms with Crippen LogP contribution in [-0.2, 0) is 22.7 Å². The molecular weight excluding hydrogens is 726 g/mol. The fourth-order valence-corrected chi connectivity index (χ4v) is 7.79. The van der Waals surface area contributed by atoms with Gasteiger partial charge in [0.1, 0.15) is 0 Å². The third kappa shape index (κ3) is 10.3. The maximum absolute atomic E-state index is 11.1. The number of hydrogen-bond acceptors (Lipinski definition) is 3. The summed E-state index contributed by atoms with van der Waals surface area (Å²) in [5.74, 6) is 2.80. The summed E-state index contributed by atoms with van der Waals surface area (Å²) >= 11 is -1.96. The summed E-state index contributed by atoms with van der Waals surface area (Å²) in [5.41, 5.74) is 10.2. The summed E-state index contributed by atoms with van der Waals surface area (Å²) < 4.78 is 4.60. The maximum atomic E-state index is 11.1. The Morgan fingerprint density at radius 3 is 1.54 bits per heavy atom. The quantitative estimate of drug-likeness (QED) is 0.126. The van der Waals surface area contributed by atoms with Crippen molar-refractivity contribution in [1.82, 2.24) is 0 Å². The van der Waals surface area contributed by atoms with E-state index in [0.29, 0.717) is 29.4 Å². The van der Waals surface area contributed by atoms with Gasteiger partial charge in [0.2, 0.25) is 0 Å². The van der Waals surface area contributed by atoms with E-state index in [4.69, 9.17) is 19.4 Å². The van der Waals surface area contributed by atoms with Crippen molar-refractivity contribution in [2.24, 2.45) is 0 Å². The monoisotopic (exact) mass is 782 g/mol. The van der Waals surface area contributed by atoms with Gasteiger partial charge in [-0.05, 0) is 45.9 Å². The number of halogens is 2. The van der Waals surface area contributed by atoms with E-state index in [1.54, 1.807) is 0 Å². The number of carbonyl (C=O) groups excluding carboxylic acids is 1. The van der Waals surface area contributed by atoms with Gasteiger partial charge in [0.15, 0.2) is 0 Å². The van der Waals surface area contributed by atoms with Crippen molar-refractivity contribution in [3.05, 3.63) is 96.2 Å². The molecule has 5 nitrogen and oxygen atoms in total. The molecule has 1 heterocycles. The van der Waals surface area contributed by atoms with E-state index in [1.807, 2.05) is 36.7 Å². The second-order valence-corrected chi connectivity index (χ2v) is 19.6. The topological polar surface area (TPSA) is 38.3 Å². The van der Waals surface area contributed by atoms with E-state index in [0.717, 1.165) is 24.4 Å². The SMILES string of the molecule is CC(C)c1cccc(C(C)C)c1N1[CH-]N(c2c(C(C)C)cccc2C(C)C)CC1.[CH2-][O+](c1ccc(NC(C)=O)cc1[CH]=[Ru]([Cl])[Cl])C(C)C. The molecule has 0 aliphatic carbocycles. The summed E-state index contributed by atoms with van der Waals surface area (Å²) in [6, 6.07) is 19.2. The molecule has 0 atom stereocenters. The third-order valence-electron chi connectivity index (χ3n) is 8.49. The van der Waals surface area contributed by atoms with Gasteiger partial charge in [-0.3, -0.25) is 0 Å². The van der Waals surface area contributed by atoms with E-state index in [9.17, 15) is 4.79 Å². The first-order chi connectivity index (χ1) is 22.5. The molecule has 0 aromatic heterocycles. The molecule has 0 radical (unpaired) electrons. The van der Waals surface area contributed by atoms with Crippen LogP contribution in [0.5, 0.6) is 5.75 Å². The second-order valence-electron chi connectivity index (χ2n) is 13.9. The molecule has 1 amide bonds. The molecule has 4 rings (SSSR count). The summed E-state index contributed by atoms with van der Waals surface area (Å²) in [6.45, 7) is 28.4. The molecule has 1 fully saturated rings. The molecule has 8 heteroatoms. The molecule has 1 aliphatic rings. The number of benzene rings is 3. The molecule has 0 saturated carbocycles. The first-order valence-corrected chi connectivity index (χ1v) is 22.4.